The Bertz CT molecular complexity index is 991. The SMILES string of the molecule is CCOC(=O)C1=C(C)N=C(C)C(C(=O)OCC)C1c1cccc(-c2ccccc2)c1. The van der Waals surface area contributed by atoms with Crippen molar-refractivity contribution < 1.29 is 19.1 Å². The Hall–Kier alpha value is -3.21. The van der Waals surface area contributed by atoms with Crippen LogP contribution < -0.4 is 0 Å². The first-order valence-corrected chi connectivity index (χ1v) is 10.2. The molecule has 0 aromatic heterocycles. The molecule has 0 spiro atoms. The maximum absolute atomic E-state index is 12.9. The number of hydrogen-bond acceptors (Lipinski definition) is 5. The Morgan fingerprint density at radius 3 is 2.23 bits per heavy atom. The molecule has 1 aliphatic rings. The molecule has 0 bridgehead atoms. The van der Waals surface area contributed by atoms with E-state index in [0.717, 1.165) is 16.7 Å². The minimum Gasteiger partial charge on any atom is -0.465 e. The fourth-order valence-corrected chi connectivity index (χ4v) is 3.95. The molecule has 156 valence electrons. The summed E-state index contributed by atoms with van der Waals surface area (Å²) in [5.74, 6) is -2.04. The van der Waals surface area contributed by atoms with E-state index in [2.05, 4.69) is 4.99 Å². The number of esters is 2. The van der Waals surface area contributed by atoms with Crippen LogP contribution in [0.25, 0.3) is 11.1 Å². The van der Waals surface area contributed by atoms with E-state index in [9.17, 15) is 9.59 Å². The number of rotatable bonds is 6. The summed E-state index contributed by atoms with van der Waals surface area (Å²) in [4.78, 5) is 30.3. The summed E-state index contributed by atoms with van der Waals surface area (Å²) in [6, 6.07) is 17.9. The second-order valence-corrected chi connectivity index (χ2v) is 7.17. The largest absolute Gasteiger partial charge is 0.465 e. The average Bonchev–Trinajstić information content (AvgIpc) is 2.74. The molecule has 0 aliphatic carbocycles. The second-order valence-electron chi connectivity index (χ2n) is 7.17. The van der Waals surface area contributed by atoms with Crippen molar-refractivity contribution in [3.63, 3.8) is 0 Å². The first-order valence-electron chi connectivity index (χ1n) is 10.2. The van der Waals surface area contributed by atoms with Crippen LogP contribution in [0.3, 0.4) is 0 Å². The molecule has 5 heteroatoms. The van der Waals surface area contributed by atoms with Gasteiger partial charge < -0.3 is 9.47 Å². The van der Waals surface area contributed by atoms with Crippen LogP contribution >= 0.6 is 0 Å². The van der Waals surface area contributed by atoms with Crippen molar-refractivity contribution in [3.05, 3.63) is 71.4 Å². The lowest BCUT2D eigenvalue weighted by Crippen LogP contribution is -2.36. The topological polar surface area (TPSA) is 65.0 Å². The van der Waals surface area contributed by atoms with Gasteiger partial charge in [0, 0.05) is 17.3 Å². The molecule has 30 heavy (non-hydrogen) atoms. The minimum absolute atomic E-state index is 0.249. The quantitative estimate of drug-likeness (QED) is 0.640. The van der Waals surface area contributed by atoms with E-state index in [-0.39, 0.29) is 19.2 Å². The number of carbonyl (C=O) groups is 2. The summed E-state index contributed by atoms with van der Waals surface area (Å²) in [5, 5.41) is 0. The molecule has 1 aliphatic heterocycles. The van der Waals surface area contributed by atoms with E-state index in [4.69, 9.17) is 9.47 Å². The summed E-state index contributed by atoms with van der Waals surface area (Å²) in [7, 11) is 0. The van der Waals surface area contributed by atoms with Crippen molar-refractivity contribution in [2.75, 3.05) is 13.2 Å². The molecule has 1 heterocycles. The second kappa shape index (κ2) is 9.53. The maximum Gasteiger partial charge on any atom is 0.336 e. The maximum atomic E-state index is 12.9. The van der Waals surface area contributed by atoms with Crippen molar-refractivity contribution in [1.29, 1.82) is 0 Å². The highest BCUT2D eigenvalue weighted by Crippen LogP contribution is 2.41. The zero-order valence-corrected chi connectivity index (χ0v) is 17.8. The van der Waals surface area contributed by atoms with Crippen LogP contribution in [0.1, 0.15) is 39.2 Å². The monoisotopic (exact) mass is 405 g/mol. The first-order chi connectivity index (χ1) is 14.5. The Labute approximate surface area is 177 Å². The number of aliphatic imine (C=N–C) groups is 1. The van der Waals surface area contributed by atoms with Crippen molar-refractivity contribution in [3.8, 4) is 11.1 Å². The van der Waals surface area contributed by atoms with Crippen LogP contribution in [-0.4, -0.2) is 30.9 Å². The molecule has 2 aromatic carbocycles. The highest BCUT2D eigenvalue weighted by molar-refractivity contribution is 6.07. The van der Waals surface area contributed by atoms with Crippen LogP contribution in [0.4, 0.5) is 0 Å². The van der Waals surface area contributed by atoms with Gasteiger partial charge in [0.2, 0.25) is 0 Å². The van der Waals surface area contributed by atoms with Gasteiger partial charge in [-0.25, -0.2) is 4.79 Å². The molecule has 0 saturated carbocycles. The summed E-state index contributed by atoms with van der Waals surface area (Å²) in [6.45, 7) is 7.63. The zero-order valence-electron chi connectivity index (χ0n) is 17.8. The van der Waals surface area contributed by atoms with E-state index in [1.807, 2.05) is 54.6 Å². The number of nitrogens with zero attached hydrogens (tertiary/aromatic N) is 1. The van der Waals surface area contributed by atoms with Gasteiger partial charge in [0.1, 0.15) is 5.92 Å². The van der Waals surface area contributed by atoms with Crippen LogP contribution in [-0.2, 0) is 19.1 Å². The van der Waals surface area contributed by atoms with E-state index in [0.29, 0.717) is 17.0 Å². The van der Waals surface area contributed by atoms with Gasteiger partial charge in [0.25, 0.3) is 0 Å². The lowest BCUT2D eigenvalue weighted by atomic mass is 9.75. The molecule has 0 N–H and O–H groups in total. The normalized spacial score (nSPS) is 18.6. The van der Waals surface area contributed by atoms with E-state index in [1.165, 1.54) is 0 Å². The number of ether oxygens (including phenoxy) is 2. The van der Waals surface area contributed by atoms with Gasteiger partial charge in [0.05, 0.1) is 18.8 Å². The lowest BCUT2D eigenvalue weighted by Gasteiger charge is -2.31. The van der Waals surface area contributed by atoms with Crippen molar-refractivity contribution in [1.82, 2.24) is 0 Å². The Morgan fingerprint density at radius 1 is 0.900 bits per heavy atom. The number of benzene rings is 2. The standard InChI is InChI=1S/C25H27NO4/c1-5-29-24(27)21-16(3)26-17(4)22(25(28)30-6-2)23(21)20-14-10-13-19(15-20)18-11-8-7-9-12-18/h7-15,21,23H,5-6H2,1-4H3. The highest BCUT2D eigenvalue weighted by atomic mass is 16.5. The molecule has 5 nitrogen and oxygen atoms in total. The summed E-state index contributed by atoms with van der Waals surface area (Å²) < 4.78 is 10.7. The van der Waals surface area contributed by atoms with Crippen LogP contribution in [0.5, 0.6) is 0 Å². The van der Waals surface area contributed by atoms with Gasteiger partial charge in [-0.05, 0) is 44.4 Å². The molecule has 0 amide bonds. The van der Waals surface area contributed by atoms with Crippen molar-refractivity contribution >= 4 is 17.7 Å². The smallest absolute Gasteiger partial charge is 0.336 e. The van der Waals surface area contributed by atoms with Gasteiger partial charge in [-0.15, -0.1) is 0 Å². The average molecular weight is 405 g/mol. The Balaban J connectivity index is 2.16. The van der Waals surface area contributed by atoms with Crippen LogP contribution in [0.2, 0.25) is 0 Å². The van der Waals surface area contributed by atoms with Crippen LogP contribution in [0, 0.1) is 5.92 Å². The summed E-state index contributed by atoms with van der Waals surface area (Å²) in [5.41, 5.74) is 4.54. The zero-order chi connectivity index (χ0) is 21.7. The lowest BCUT2D eigenvalue weighted by molar-refractivity contribution is -0.146. The van der Waals surface area contributed by atoms with E-state index >= 15 is 0 Å². The molecule has 2 aromatic rings. The minimum atomic E-state index is -0.681. The third-order valence-electron chi connectivity index (χ3n) is 5.22. The fourth-order valence-electron chi connectivity index (χ4n) is 3.95. The molecule has 3 rings (SSSR count). The van der Waals surface area contributed by atoms with Gasteiger partial charge >= 0.3 is 11.9 Å². The molecule has 0 radical (unpaired) electrons. The Kier molecular flexibility index (Phi) is 6.83. The summed E-state index contributed by atoms with van der Waals surface area (Å²) in [6.07, 6.45) is 0. The van der Waals surface area contributed by atoms with Crippen LogP contribution in [0.15, 0.2) is 70.9 Å². The fraction of sp³-hybridized carbons (Fsp3) is 0.320. The highest BCUT2D eigenvalue weighted by Gasteiger charge is 2.42. The molecule has 0 fully saturated rings. The molecule has 0 saturated heterocycles. The third-order valence-corrected chi connectivity index (χ3v) is 5.22. The summed E-state index contributed by atoms with van der Waals surface area (Å²) >= 11 is 0. The van der Waals surface area contributed by atoms with Crippen molar-refractivity contribution in [2.45, 2.75) is 33.6 Å². The molecular weight excluding hydrogens is 378 g/mol. The van der Waals surface area contributed by atoms with Gasteiger partial charge in [-0.3, -0.25) is 9.79 Å². The first kappa shape index (κ1) is 21.5. The third kappa shape index (κ3) is 4.35. The predicted molar refractivity (Wildman–Crippen MR) is 117 cm³/mol. The predicted octanol–water partition coefficient (Wildman–Crippen LogP) is 4.93. The molecule has 2 atom stereocenters. The number of hydrogen-bond donors (Lipinski definition) is 0. The Morgan fingerprint density at radius 2 is 1.57 bits per heavy atom. The number of carbonyl (C=O) groups excluding carboxylic acids is 2. The van der Waals surface area contributed by atoms with Gasteiger partial charge in [-0.1, -0.05) is 54.6 Å². The van der Waals surface area contributed by atoms with Crippen molar-refractivity contribution in [2.24, 2.45) is 10.9 Å². The van der Waals surface area contributed by atoms with Gasteiger partial charge in [0.15, 0.2) is 0 Å². The number of allylic oxidation sites excluding steroid dienone is 1. The van der Waals surface area contributed by atoms with E-state index in [1.54, 1.807) is 27.7 Å². The molecular formula is C25H27NO4. The van der Waals surface area contributed by atoms with Gasteiger partial charge in [-0.2, -0.15) is 0 Å². The van der Waals surface area contributed by atoms with E-state index < -0.39 is 17.8 Å². The molecule has 2 unspecified atom stereocenters.